The van der Waals surface area contributed by atoms with Crippen LogP contribution >= 0.6 is 24.0 Å². The van der Waals surface area contributed by atoms with E-state index in [1.165, 1.54) is 11.8 Å². The van der Waals surface area contributed by atoms with Crippen molar-refractivity contribution in [2.24, 2.45) is 5.41 Å². The molecule has 1 fully saturated rings. The summed E-state index contributed by atoms with van der Waals surface area (Å²) in [7, 11) is 0. The number of carboxylic acid groups (broad SMARTS) is 2. The first-order chi connectivity index (χ1) is 8.21. The SMILES string of the molecule is CSC(=S)O[C@H]1CN(C(=O)O)[C@H](C(=O)O)C1(C)C. The van der Waals surface area contributed by atoms with Gasteiger partial charge in [0, 0.05) is 5.41 Å². The van der Waals surface area contributed by atoms with Crippen LogP contribution in [0, 0.1) is 5.41 Å². The third-order valence-corrected chi connectivity index (χ3v) is 4.12. The Hall–Kier alpha value is -1.02. The molecule has 0 aliphatic carbocycles. The smallest absolute Gasteiger partial charge is 0.408 e. The molecule has 1 aliphatic rings. The van der Waals surface area contributed by atoms with Crippen LogP contribution in [0.4, 0.5) is 4.79 Å². The van der Waals surface area contributed by atoms with E-state index in [1.54, 1.807) is 20.1 Å². The predicted molar refractivity (Wildman–Crippen MR) is 70.9 cm³/mol. The Morgan fingerprint density at radius 3 is 2.33 bits per heavy atom. The van der Waals surface area contributed by atoms with Gasteiger partial charge in [0.2, 0.25) is 4.38 Å². The minimum absolute atomic E-state index is 0. The van der Waals surface area contributed by atoms with Crippen LogP contribution in [-0.4, -0.2) is 56.5 Å². The first-order valence-corrected chi connectivity index (χ1v) is 6.82. The van der Waals surface area contributed by atoms with E-state index >= 15 is 0 Å². The quantitative estimate of drug-likeness (QED) is 0.746. The second-order valence-corrected chi connectivity index (χ2v) is 5.97. The number of carboxylic acids is 1. The summed E-state index contributed by atoms with van der Waals surface area (Å²) >= 11 is 6.16. The minimum atomic E-state index is -1.27. The van der Waals surface area contributed by atoms with Gasteiger partial charge in [-0.15, -0.1) is 0 Å². The van der Waals surface area contributed by atoms with Crippen LogP contribution in [0.15, 0.2) is 0 Å². The van der Waals surface area contributed by atoms with E-state index in [2.05, 4.69) is 0 Å². The van der Waals surface area contributed by atoms with Crippen molar-refractivity contribution >= 4 is 40.4 Å². The summed E-state index contributed by atoms with van der Waals surface area (Å²) in [6.07, 6.45) is -0.0835. The molecule has 1 amide bonds. The molecule has 0 aromatic carbocycles. The van der Waals surface area contributed by atoms with Gasteiger partial charge in [-0.2, -0.15) is 0 Å². The van der Waals surface area contributed by atoms with E-state index in [1.807, 2.05) is 0 Å². The van der Waals surface area contributed by atoms with Crippen LogP contribution in [0.5, 0.6) is 0 Å². The van der Waals surface area contributed by atoms with E-state index in [4.69, 9.17) is 22.1 Å². The van der Waals surface area contributed by atoms with Gasteiger partial charge in [0.1, 0.15) is 12.1 Å². The van der Waals surface area contributed by atoms with Gasteiger partial charge in [-0.25, -0.2) is 9.59 Å². The molecule has 2 N–H and O–H groups in total. The number of likely N-dealkylation sites (tertiary alicyclic amines) is 1. The number of rotatable bonds is 2. The number of thioether (sulfide) groups is 1. The van der Waals surface area contributed by atoms with Crippen LogP contribution in [0.2, 0.25) is 0 Å². The van der Waals surface area contributed by atoms with Gasteiger partial charge in [-0.3, -0.25) is 4.90 Å². The standard InChI is InChI=1S/C10H15NO5S2/c1-10(2)5(16-9(17)18-3)4-11(8(14)15)6(10)7(12)13/h5-6H,4H2,1-3H3,(H,12,13)(H,14,15)/t5-,6+/m0/s1. The molecule has 1 rings (SSSR count). The van der Waals surface area contributed by atoms with Crippen molar-refractivity contribution in [3.05, 3.63) is 0 Å². The van der Waals surface area contributed by atoms with Crippen molar-refractivity contribution in [3.8, 4) is 0 Å². The molecular weight excluding hydrogens is 278 g/mol. The zero-order chi connectivity index (χ0) is 14.1. The van der Waals surface area contributed by atoms with Gasteiger partial charge in [-0.05, 0) is 18.5 Å². The number of thiocarbonyl (C=S) groups is 1. The Kier molecular flexibility index (Phi) is 4.44. The minimum Gasteiger partial charge on any atom is -0.480 e. The highest BCUT2D eigenvalue weighted by Crippen LogP contribution is 2.39. The summed E-state index contributed by atoms with van der Waals surface area (Å²) in [6.45, 7) is 3.34. The van der Waals surface area contributed by atoms with E-state index in [0.29, 0.717) is 0 Å². The molecule has 0 bridgehead atoms. The number of amides is 1. The van der Waals surface area contributed by atoms with Crippen molar-refractivity contribution in [2.45, 2.75) is 26.0 Å². The molecule has 0 aromatic heterocycles. The molecule has 2 atom stereocenters. The Balaban J connectivity index is 3.00. The normalized spacial score (nSPS) is 25.8. The summed E-state index contributed by atoms with van der Waals surface area (Å²) in [5.74, 6) is -1.18. The van der Waals surface area contributed by atoms with Crippen LogP contribution in [0.3, 0.4) is 0 Å². The lowest BCUT2D eigenvalue weighted by atomic mass is 9.82. The lowest BCUT2D eigenvalue weighted by Gasteiger charge is -2.30. The molecule has 0 radical (unpaired) electrons. The summed E-state index contributed by atoms with van der Waals surface area (Å²) in [4.78, 5) is 23.2. The molecule has 6 nitrogen and oxygen atoms in total. The predicted octanol–water partition coefficient (Wildman–Crippen LogP) is 1.49. The van der Waals surface area contributed by atoms with Gasteiger partial charge < -0.3 is 14.9 Å². The Bertz CT molecular complexity index is 384. The lowest BCUT2D eigenvalue weighted by molar-refractivity contribution is -0.145. The lowest BCUT2D eigenvalue weighted by Crippen LogP contribution is -2.46. The largest absolute Gasteiger partial charge is 0.480 e. The van der Waals surface area contributed by atoms with Crippen LogP contribution < -0.4 is 0 Å². The van der Waals surface area contributed by atoms with Crippen LogP contribution in [-0.2, 0) is 9.53 Å². The maximum absolute atomic E-state index is 11.2. The Morgan fingerprint density at radius 2 is 2.00 bits per heavy atom. The fourth-order valence-electron chi connectivity index (χ4n) is 2.09. The average molecular weight is 293 g/mol. The van der Waals surface area contributed by atoms with Gasteiger partial charge in [0.25, 0.3) is 0 Å². The van der Waals surface area contributed by atoms with Crippen LogP contribution in [0.1, 0.15) is 13.8 Å². The first-order valence-electron chi connectivity index (χ1n) is 5.18. The van der Waals surface area contributed by atoms with Gasteiger partial charge in [0.15, 0.2) is 0 Å². The summed E-state index contributed by atoms with van der Waals surface area (Å²) in [5.41, 5.74) is -0.843. The van der Waals surface area contributed by atoms with Crippen molar-refractivity contribution in [1.29, 1.82) is 0 Å². The fraction of sp³-hybridized carbons (Fsp3) is 0.700. The van der Waals surface area contributed by atoms with E-state index in [-0.39, 0.29) is 10.9 Å². The Labute approximate surface area is 114 Å². The van der Waals surface area contributed by atoms with Gasteiger partial charge >= 0.3 is 12.1 Å². The third kappa shape index (κ3) is 2.69. The van der Waals surface area contributed by atoms with Crippen molar-refractivity contribution in [1.82, 2.24) is 4.90 Å². The molecule has 8 heteroatoms. The van der Waals surface area contributed by atoms with Crippen LogP contribution in [0.25, 0.3) is 0 Å². The Morgan fingerprint density at radius 1 is 1.44 bits per heavy atom. The van der Waals surface area contributed by atoms with Gasteiger partial charge in [-0.1, -0.05) is 25.6 Å². The van der Waals surface area contributed by atoms with E-state index < -0.39 is 29.6 Å². The number of nitrogens with zero attached hydrogens (tertiary/aromatic N) is 1. The molecule has 0 saturated carbocycles. The van der Waals surface area contributed by atoms with E-state index in [0.717, 1.165) is 4.90 Å². The molecule has 0 aromatic rings. The number of aliphatic carboxylic acids is 1. The third-order valence-electron chi connectivity index (χ3n) is 3.09. The van der Waals surface area contributed by atoms with Crippen molar-refractivity contribution in [3.63, 3.8) is 0 Å². The summed E-state index contributed by atoms with van der Waals surface area (Å²) < 4.78 is 5.74. The maximum Gasteiger partial charge on any atom is 0.408 e. The highest BCUT2D eigenvalue weighted by atomic mass is 32.2. The molecule has 1 saturated heterocycles. The number of hydrogen-bond donors (Lipinski definition) is 2. The average Bonchev–Trinajstić information content (AvgIpc) is 2.50. The topological polar surface area (TPSA) is 87.1 Å². The number of ether oxygens (including phenoxy) is 1. The van der Waals surface area contributed by atoms with E-state index in [9.17, 15) is 14.7 Å². The molecular formula is C10H15NO5S2. The van der Waals surface area contributed by atoms with Crippen molar-refractivity contribution in [2.75, 3.05) is 12.8 Å². The molecule has 0 spiro atoms. The first kappa shape index (κ1) is 15.0. The number of hydrogen-bond acceptors (Lipinski definition) is 5. The monoisotopic (exact) mass is 293 g/mol. The zero-order valence-electron chi connectivity index (χ0n) is 10.2. The summed E-state index contributed by atoms with van der Waals surface area (Å²) in [6, 6.07) is -1.13. The number of carbonyl (C=O) groups is 2. The molecule has 1 aliphatic heterocycles. The highest BCUT2D eigenvalue weighted by Gasteiger charge is 2.55. The highest BCUT2D eigenvalue weighted by molar-refractivity contribution is 8.22. The fourth-order valence-corrected chi connectivity index (χ4v) is 2.42. The molecule has 18 heavy (non-hydrogen) atoms. The van der Waals surface area contributed by atoms with Gasteiger partial charge in [0.05, 0.1) is 6.54 Å². The zero-order valence-corrected chi connectivity index (χ0v) is 11.9. The molecule has 0 unspecified atom stereocenters. The van der Waals surface area contributed by atoms with Crippen molar-refractivity contribution < 1.29 is 24.5 Å². The second kappa shape index (κ2) is 5.31. The maximum atomic E-state index is 11.2. The second-order valence-electron chi connectivity index (χ2n) is 4.56. The molecule has 1 heterocycles. The summed E-state index contributed by atoms with van der Waals surface area (Å²) in [5, 5.41) is 18.2. The molecule has 102 valence electrons.